The molecule has 1 saturated heterocycles. The quantitative estimate of drug-likeness (QED) is 0.865. The van der Waals surface area contributed by atoms with Crippen LogP contribution in [0.5, 0.6) is 0 Å². The number of hydrogen-bond acceptors (Lipinski definition) is 5. The van der Waals surface area contributed by atoms with Crippen molar-refractivity contribution in [2.24, 2.45) is 0 Å². The van der Waals surface area contributed by atoms with Crippen molar-refractivity contribution < 1.29 is 4.74 Å². The van der Waals surface area contributed by atoms with Crippen LogP contribution in [0.15, 0.2) is 24.3 Å². The van der Waals surface area contributed by atoms with Crippen molar-refractivity contribution in [3.8, 4) is 0 Å². The second-order valence-electron chi connectivity index (χ2n) is 5.49. The highest BCUT2D eigenvalue weighted by Crippen LogP contribution is 2.29. The van der Waals surface area contributed by atoms with Gasteiger partial charge in [0, 0.05) is 19.6 Å². The lowest BCUT2D eigenvalue weighted by Gasteiger charge is -2.33. The molecule has 2 aromatic rings. The van der Waals surface area contributed by atoms with Crippen molar-refractivity contribution in [1.29, 1.82) is 0 Å². The lowest BCUT2D eigenvalue weighted by molar-refractivity contribution is 0.0311. The van der Waals surface area contributed by atoms with Gasteiger partial charge in [0.05, 0.1) is 22.9 Å². The highest BCUT2D eigenvalue weighted by atomic mass is 32.1. The van der Waals surface area contributed by atoms with Crippen LogP contribution in [0.3, 0.4) is 0 Å². The predicted molar refractivity (Wildman–Crippen MR) is 84.7 cm³/mol. The van der Waals surface area contributed by atoms with Gasteiger partial charge in [0.15, 0.2) is 5.13 Å². The van der Waals surface area contributed by atoms with Gasteiger partial charge in [-0.1, -0.05) is 23.5 Å². The molecule has 4 nitrogen and oxygen atoms in total. The van der Waals surface area contributed by atoms with Gasteiger partial charge in [-0.2, -0.15) is 0 Å². The van der Waals surface area contributed by atoms with Crippen LogP contribution in [-0.4, -0.2) is 56.3 Å². The van der Waals surface area contributed by atoms with E-state index >= 15 is 0 Å². The summed E-state index contributed by atoms with van der Waals surface area (Å²) in [6.45, 7) is 3.76. The minimum Gasteiger partial charge on any atom is -0.374 e. The largest absolute Gasteiger partial charge is 0.374 e. The Morgan fingerprint density at radius 2 is 2.25 bits per heavy atom. The van der Waals surface area contributed by atoms with Crippen LogP contribution in [0.25, 0.3) is 10.2 Å². The second kappa shape index (κ2) is 6.08. The lowest BCUT2D eigenvalue weighted by Crippen LogP contribution is -2.43. The Balaban J connectivity index is 1.69. The molecule has 0 radical (unpaired) electrons. The average molecular weight is 291 g/mol. The van der Waals surface area contributed by atoms with E-state index in [0.717, 1.165) is 43.3 Å². The Kier molecular flexibility index (Phi) is 4.19. The number of nitrogens with zero attached hydrogens (tertiary/aromatic N) is 3. The number of hydrogen-bond donors (Lipinski definition) is 0. The standard InChI is InChI=1S/C15H21N3OS/c1-17(2)8-7-12-11-18(9-10-19-12)15-16-13-5-3-4-6-14(13)20-15/h3-6,12H,7-11H2,1-2H3. The second-order valence-corrected chi connectivity index (χ2v) is 6.50. The van der Waals surface area contributed by atoms with Gasteiger partial charge >= 0.3 is 0 Å². The Morgan fingerprint density at radius 1 is 1.40 bits per heavy atom. The van der Waals surface area contributed by atoms with E-state index in [-0.39, 0.29) is 0 Å². The van der Waals surface area contributed by atoms with E-state index in [9.17, 15) is 0 Å². The fraction of sp³-hybridized carbons (Fsp3) is 0.533. The number of fused-ring (bicyclic) bond motifs is 1. The molecule has 1 fully saturated rings. The van der Waals surface area contributed by atoms with Crippen molar-refractivity contribution in [3.05, 3.63) is 24.3 Å². The summed E-state index contributed by atoms with van der Waals surface area (Å²) in [4.78, 5) is 9.32. The zero-order chi connectivity index (χ0) is 13.9. The topological polar surface area (TPSA) is 28.6 Å². The summed E-state index contributed by atoms with van der Waals surface area (Å²) in [5, 5.41) is 1.13. The highest BCUT2D eigenvalue weighted by Gasteiger charge is 2.22. The third-order valence-corrected chi connectivity index (χ3v) is 4.69. The molecule has 1 atom stereocenters. The number of morpholine rings is 1. The normalized spacial score (nSPS) is 19.9. The van der Waals surface area contributed by atoms with Crippen LogP contribution in [-0.2, 0) is 4.74 Å². The smallest absolute Gasteiger partial charge is 0.186 e. The average Bonchev–Trinajstić information content (AvgIpc) is 2.89. The van der Waals surface area contributed by atoms with Crippen LogP contribution >= 0.6 is 11.3 Å². The molecule has 0 saturated carbocycles. The monoisotopic (exact) mass is 291 g/mol. The van der Waals surface area contributed by atoms with E-state index in [1.54, 1.807) is 11.3 Å². The number of para-hydroxylation sites is 1. The van der Waals surface area contributed by atoms with Gasteiger partial charge in [0.1, 0.15) is 0 Å². The fourth-order valence-electron chi connectivity index (χ4n) is 2.47. The molecule has 1 aliphatic heterocycles. The fourth-order valence-corrected chi connectivity index (χ4v) is 3.47. The molecule has 1 aromatic carbocycles. The van der Waals surface area contributed by atoms with E-state index in [1.165, 1.54) is 4.70 Å². The van der Waals surface area contributed by atoms with Gasteiger partial charge in [-0.3, -0.25) is 0 Å². The van der Waals surface area contributed by atoms with Crippen molar-refractivity contribution in [3.63, 3.8) is 0 Å². The summed E-state index contributed by atoms with van der Waals surface area (Å²) in [5.41, 5.74) is 1.10. The highest BCUT2D eigenvalue weighted by molar-refractivity contribution is 7.22. The summed E-state index contributed by atoms with van der Waals surface area (Å²) in [6, 6.07) is 8.34. The zero-order valence-electron chi connectivity index (χ0n) is 12.1. The van der Waals surface area contributed by atoms with Crippen LogP contribution < -0.4 is 4.90 Å². The molecule has 0 bridgehead atoms. The number of thiazole rings is 1. The summed E-state index contributed by atoms with van der Waals surface area (Å²) >= 11 is 1.78. The van der Waals surface area contributed by atoms with Gasteiger partial charge in [-0.15, -0.1) is 0 Å². The Bertz CT molecular complexity index is 536. The molecule has 3 rings (SSSR count). The molecule has 0 amide bonds. The SMILES string of the molecule is CN(C)CCC1CN(c2nc3ccccc3s2)CCO1. The van der Waals surface area contributed by atoms with Crippen molar-refractivity contribution >= 4 is 26.7 Å². The molecule has 1 aromatic heterocycles. The molecule has 1 aliphatic rings. The molecule has 2 heterocycles. The van der Waals surface area contributed by atoms with Crippen molar-refractivity contribution in [2.45, 2.75) is 12.5 Å². The minimum atomic E-state index is 0.318. The molecular formula is C15H21N3OS. The van der Waals surface area contributed by atoms with Crippen LogP contribution in [0.2, 0.25) is 0 Å². The van der Waals surface area contributed by atoms with Crippen LogP contribution in [0.1, 0.15) is 6.42 Å². The van der Waals surface area contributed by atoms with E-state index in [2.05, 4.69) is 42.1 Å². The molecule has 0 aliphatic carbocycles. The summed E-state index contributed by atoms with van der Waals surface area (Å²) in [7, 11) is 4.21. The minimum absolute atomic E-state index is 0.318. The van der Waals surface area contributed by atoms with Gasteiger partial charge in [0.25, 0.3) is 0 Å². The van der Waals surface area contributed by atoms with E-state index in [4.69, 9.17) is 9.72 Å². The maximum absolute atomic E-state index is 5.86. The van der Waals surface area contributed by atoms with E-state index in [1.807, 2.05) is 6.07 Å². The summed E-state index contributed by atoms with van der Waals surface area (Å²) < 4.78 is 7.13. The Labute approximate surface area is 124 Å². The van der Waals surface area contributed by atoms with Gasteiger partial charge < -0.3 is 14.5 Å². The molecule has 108 valence electrons. The number of anilines is 1. The predicted octanol–water partition coefficient (Wildman–Crippen LogP) is 2.45. The summed E-state index contributed by atoms with van der Waals surface area (Å²) in [5.74, 6) is 0. The number of benzene rings is 1. The van der Waals surface area contributed by atoms with Crippen LogP contribution in [0.4, 0.5) is 5.13 Å². The Morgan fingerprint density at radius 3 is 3.05 bits per heavy atom. The van der Waals surface area contributed by atoms with E-state index < -0.39 is 0 Å². The first-order chi connectivity index (χ1) is 9.72. The third kappa shape index (κ3) is 3.11. The Hall–Kier alpha value is -1.17. The molecule has 20 heavy (non-hydrogen) atoms. The van der Waals surface area contributed by atoms with Crippen molar-refractivity contribution in [2.75, 3.05) is 45.2 Å². The zero-order valence-corrected chi connectivity index (χ0v) is 12.9. The molecule has 1 unspecified atom stereocenters. The van der Waals surface area contributed by atoms with Crippen molar-refractivity contribution in [1.82, 2.24) is 9.88 Å². The number of aromatic nitrogens is 1. The number of ether oxygens (including phenoxy) is 1. The maximum Gasteiger partial charge on any atom is 0.186 e. The van der Waals surface area contributed by atoms with Gasteiger partial charge in [0.2, 0.25) is 0 Å². The maximum atomic E-state index is 5.86. The molecular weight excluding hydrogens is 270 g/mol. The number of rotatable bonds is 4. The van der Waals surface area contributed by atoms with Gasteiger partial charge in [-0.05, 0) is 32.6 Å². The van der Waals surface area contributed by atoms with E-state index in [0.29, 0.717) is 6.10 Å². The van der Waals surface area contributed by atoms with Gasteiger partial charge in [-0.25, -0.2) is 4.98 Å². The van der Waals surface area contributed by atoms with Crippen LogP contribution in [0, 0.1) is 0 Å². The first-order valence-corrected chi connectivity index (χ1v) is 7.91. The third-order valence-electron chi connectivity index (χ3n) is 3.59. The first kappa shape index (κ1) is 13.8. The lowest BCUT2D eigenvalue weighted by atomic mass is 10.2. The molecule has 0 spiro atoms. The molecule has 5 heteroatoms. The molecule has 0 N–H and O–H groups in total. The summed E-state index contributed by atoms with van der Waals surface area (Å²) in [6.07, 6.45) is 1.40. The first-order valence-electron chi connectivity index (χ1n) is 7.09.